The molecule has 1 atom stereocenters. The topological polar surface area (TPSA) is 38.0 Å². The molecule has 96 valence electrons. The van der Waals surface area contributed by atoms with Crippen molar-refractivity contribution in [2.75, 3.05) is 0 Å². The normalized spacial score (nSPS) is 18.7. The maximum atomic E-state index is 5.69. The Kier molecular flexibility index (Phi) is 5.01. The molecule has 1 aromatic heterocycles. The van der Waals surface area contributed by atoms with Crippen molar-refractivity contribution in [2.24, 2.45) is 11.8 Å². The SMILES string of the molecule is CCc1ccc(CC(CC2CCCC2)NN)s1. The van der Waals surface area contributed by atoms with E-state index in [1.165, 1.54) is 41.9 Å². The average molecular weight is 252 g/mol. The zero-order valence-corrected chi connectivity index (χ0v) is 11.6. The molecule has 0 saturated heterocycles. The highest BCUT2D eigenvalue weighted by atomic mass is 32.1. The minimum atomic E-state index is 0.460. The molecule has 2 nitrogen and oxygen atoms in total. The number of hydrazine groups is 1. The molecule has 0 amide bonds. The van der Waals surface area contributed by atoms with Crippen LogP contribution >= 0.6 is 11.3 Å². The number of aryl methyl sites for hydroxylation is 1. The maximum Gasteiger partial charge on any atom is 0.0261 e. The van der Waals surface area contributed by atoms with E-state index in [1.807, 2.05) is 11.3 Å². The highest BCUT2D eigenvalue weighted by Crippen LogP contribution is 2.29. The Balaban J connectivity index is 1.85. The molecule has 2 rings (SSSR count). The van der Waals surface area contributed by atoms with E-state index >= 15 is 0 Å². The van der Waals surface area contributed by atoms with Crippen LogP contribution in [0.5, 0.6) is 0 Å². The van der Waals surface area contributed by atoms with E-state index in [0.29, 0.717) is 6.04 Å². The standard InChI is InChI=1S/C14H24N2S/c1-2-13-7-8-14(17-13)10-12(16-15)9-11-5-3-4-6-11/h7-8,11-12,16H,2-6,9-10,15H2,1H3. The van der Waals surface area contributed by atoms with Crippen LogP contribution in [-0.2, 0) is 12.8 Å². The van der Waals surface area contributed by atoms with Crippen LogP contribution in [0, 0.1) is 5.92 Å². The lowest BCUT2D eigenvalue weighted by molar-refractivity contribution is 0.391. The van der Waals surface area contributed by atoms with Crippen LogP contribution in [0.25, 0.3) is 0 Å². The summed E-state index contributed by atoms with van der Waals surface area (Å²) < 4.78 is 0. The van der Waals surface area contributed by atoms with Crippen molar-refractivity contribution < 1.29 is 0 Å². The molecule has 3 heteroatoms. The van der Waals surface area contributed by atoms with E-state index in [4.69, 9.17) is 5.84 Å². The third-order valence-corrected chi connectivity index (χ3v) is 5.09. The van der Waals surface area contributed by atoms with Crippen LogP contribution in [0.4, 0.5) is 0 Å². The Morgan fingerprint density at radius 3 is 2.65 bits per heavy atom. The number of hydrogen-bond acceptors (Lipinski definition) is 3. The number of nitrogens with two attached hydrogens (primary N) is 1. The second-order valence-electron chi connectivity index (χ2n) is 5.18. The Morgan fingerprint density at radius 2 is 2.06 bits per heavy atom. The van der Waals surface area contributed by atoms with Gasteiger partial charge in [0.15, 0.2) is 0 Å². The Morgan fingerprint density at radius 1 is 1.35 bits per heavy atom. The zero-order valence-electron chi connectivity index (χ0n) is 10.7. The quantitative estimate of drug-likeness (QED) is 0.602. The van der Waals surface area contributed by atoms with E-state index in [-0.39, 0.29) is 0 Å². The summed E-state index contributed by atoms with van der Waals surface area (Å²) in [6.45, 7) is 2.22. The summed E-state index contributed by atoms with van der Waals surface area (Å²) in [5.41, 5.74) is 3.01. The molecule has 17 heavy (non-hydrogen) atoms. The second kappa shape index (κ2) is 6.53. The lowest BCUT2D eigenvalue weighted by Gasteiger charge is -2.19. The van der Waals surface area contributed by atoms with Gasteiger partial charge in [0.05, 0.1) is 0 Å². The minimum absolute atomic E-state index is 0.460. The third-order valence-electron chi connectivity index (χ3n) is 3.84. The van der Waals surface area contributed by atoms with E-state index in [1.54, 1.807) is 0 Å². The Labute approximate surface area is 109 Å². The van der Waals surface area contributed by atoms with Gasteiger partial charge in [-0.15, -0.1) is 11.3 Å². The number of nitrogens with one attached hydrogen (secondary N) is 1. The molecule has 1 aromatic rings. The summed E-state index contributed by atoms with van der Waals surface area (Å²) in [5, 5.41) is 0. The van der Waals surface area contributed by atoms with Gasteiger partial charge in [0, 0.05) is 15.8 Å². The van der Waals surface area contributed by atoms with E-state index in [0.717, 1.165) is 18.8 Å². The first-order valence-corrected chi connectivity index (χ1v) is 7.67. The Hall–Kier alpha value is -0.380. The fourth-order valence-electron chi connectivity index (χ4n) is 2.82. The van der Waals surface area contributed by atoms with E-state index in [2.05, 4.69) is 24.5 Å². The fourth-order valence-corrected chi connectivity index (χ4v) is 3.86. The average Bonchev–Trinajstić information content (AvgIpc) is 2.99. The maximum absolute atomic E-state index is 5.69. The number of thiophene rings is 1. The van der Waals surface area contributed by atoms with Gasteiger partial charge in [-0.2, -0.15) is 0 Å². The van der Waals surface area contributed by atoms with Gasteiger partial charge in [0.2, 0.25) is 0 Å². The van der Waals surface area contributed by atoms with Crippen LogP contribution in [0.3, 0.4) is 0 Å². The molecule has 1 unspecified atom stereocenters. The monoisotopic (exact) mass is 252 g/mol. The van der Waals surface area contributed by atoms with Crippen molar-refractivity contribution in [3.63, 3.8) is 0 Å². The lowest BCUT2D eigenvalue weighted by Crippen LogP contribution is -2.37. The molecule has 1 aliphatic rings. The third kappa shape index (κ3) is 3.80. The highest BCUT2D eigenvalue weighted by molar-refractivity contribution is 7.11. The Bertz CT molecular complexity index is 329. The van der Waals surface area contributed by atoms with Gasteiger partial charge in [-0.3, -0.25) is 11.3 Å². The summed E-state index contributed by atoms with van der Waals surface area (Å²) in [6.07, 6.45) is 9.13. The summed E-state index contributed by atoms with van der Waals surface area (Å²) in [5.74, 6) is 6.60. The van der Waals surface area contributed by atoms with Crippen molar-refractivity contribution in [2.45, 2.75) is 57.9 Å². The predicted molar refractivity (Wildman–Crippen MR) is 75.1 cm³/mol. The van der Waals surface area contributed by atoms with Gasteiger partial charge < -0.3 is 0 Å². The molecule has 0 bridgehead atoms. The van der Waals surface area contributed by atoms with Crippen LogP contribution in [0.1, 0.15) is 48.8 Å². The van der Waals surface area contributed by atoms with Crippen molar-refractivity contribution in [3.8, 4) is 0 Å². The molecule has 1 fully saturated rings. The van der Waals surface area contributed by atoms with Crippen LogP contribution in [-0.4, -0.2) is 6.04 Å². The highest BCUT2D eigenvalue weighted by Gasteiger charge is 2.20. The van der Waals surface area contributed by atoms with Gasteiger partial charge in [-0.25, -0.2) is 0 Å². The first kappa shape index (κ1) is 13.1. The second-order valence-corrected chi connectivity index (χ2v) is 6.43. The van der Waals surface area contributed by atoms with Gasteiger partial charge >= 0.3 is 0 Å². The molecule has 0 aliphatic heterocycles. The predicted octanol–water partition coefficient (Wildman–Crippen LogP) is 3.27. The van der Waals surface area contributed by atoms with Gasteiger partial charge in [0.1, 0.15) is 0 Å². The molecular formula is C14H24N2S. The lowest BCUT2D eigenvalue weighted by atomic mass is 9.96. The van der Waals surface area contributed by atoms with Crippen molar-refractivity contribution in [1.82, 2.24) is 5.43 Å². The van der Waals surface area contributed by atoms with Crippen molar-refractivity contribution in [3.05, 3.63) is 21.9 Å². The number of rotatable bonds is 6. The molecule has 0 aromatic carbocycles. The van der Waals surface area contributed by atoms with Crippen LogP contribution in [0.2, 0.25) is 0 Å². The van der Waals surface area contributed by atoms with E-state index < -0.39 is 0 Å². The zero-order chi connectivity index (χ0) is 12.1. The van der Waals surface area contributed by atoms with Gasteiger partial charge in [-0.05, 0) is 37.3 Å². The minimum Gasteiger partial charge on any atom is -0.271 e. The smallest absolute Gasteiger partial charge is 0.0261 e. The molecular weight excluding hydrogens is 228 g/mol. The first-order chi connectivity index (χ1) is 8.31. The summed E-state index contributed by atoms with van der Waals surface area (Å²) in [4.78, 5) is 2.96. The van der Waals surface area contributed by atoms with Gasteiger partial charge in [0.25, 0.3) is 0 Å². The molecule has 0 radical (unpaired) electrons. The van der Waals surface area contributed by atoms with Crippen LogP contribution < -0.4 is 11.3 Å². The largest absolute Gasteiger partial charge is 0.271 e. The molecule has 3 N–H and O–H groups in total. The molecule has 1 saturated carbocycles. The fraction of sp³-hybridized carbons (Fsp3) is 0.714. The van der Waals surface area contributed by atoms with Crippen molar-refractivity contribution in [1.29, 1.82) is 0 Å². The van der Waals surface area contributed by atoms with Crippen LogP contribution in [0.15, 0.2) is 12.1 Å². The van der Waals surface area contributed by atoms with Crippen molar-refractivity contribution >= 4 is 11.3 Å². The molecule has 1 heterocycles. The summed E-state index contributed by atoms with van der Waals surface area (Å²) in [6, 6.07) is 4.98. The molecule has 1 aliphatic carbocycles. The summed E-state index contributed by atoms with van der Waals surface area (Å²) >= 11 is 1.94. The van der Waals surface area contributed by atoms with E-state index in [9.17, 15) is 0 Å². The van der Waals surface area contributed by atoms with Gasteiger partial charge in [-0.1, -0.05) is 32.6 Å². The first-order valence-electron chi connectivity index (χ1n) is 6.85. The molecule has 0 spiro atoms. The summed E-state index contributed by atoms with van der Waals surface area (Å²) in [7, 11) is 0. The number of hydrogen-bond donors (Lipinski definition) is 2.